The first-order valence-corrected chi connectivity index (χ1v) is 7.42. The van der Waals surface area contributed by atoms with Crippen LogP contribution >= 0.6 is 11.3 Å². The number of likely N-dealkylation sites (N-methyl/N-ethyl adjacent to an activating group) is 1. The summed E-state index contributed by atoms with van der Waals surface area (Å²) in [7, 11) is 3.44. The van der Waals surface area contributed by atoms with Crippen molar-refractivity contribution in [2.75, 3.05) is 20.6 Å². The Kier molecular flexibility index (Phi) is 6.44. The lowest BCUT2D eigenvalue weighted by atomic mass is 10.4. The maximum Gasteiger partial charge on any atom is 0.243 e. The number of aromatic nitrogens is 1. The van der Waals surface area contributed by atoms with Crippen molar-refractivity contribution in [3.05, 3.63) is 16.1 Å². The average molecular weight is 297 g/mol. The first-order chi connectivity index (χ1) is 9.38. The molecule has 20 heavy (non-hydrogen) atoms. The summed E-state index contributed by atoms with van der Waals surface area (Å²) < 4.78 is 0. The molecule has 6 nitrogen and oxygen atoms in total. The van der Waals surface area contributed by atoms with E-state index in [0.717, 1.165) is 10.7 Å². The zero-order valence-electron chi connectivity index (χ0n) is 12.7. The van der Waals surface area contributed by atoms with Crippen molar-refractivity contribution < 1.29 is 4.79 Å². The van der Waals surface area contributed by atoms with Crippen LogP contribution in [0.4, 0.5) is 0 Å². The molecular weight excluding hydrogens is 274 g/mol. The summed E-state index contributed by atoms with van der Waals surface area (Å²) in [6.07, 6.45) is 0. The van der Waals surface area contributed by atoms with Gasteiger partial charge in [-0.1, -0.05) is 0 Å². The van der Waals surface area contributed by atoms with Gasteiger partial charge < -0.3 is 15.5 Å². The van der Waals surface area contributed by atoms with Gasteiger partial charge in [-0.25, -0.2) is 9.98 Å². The summed E-state index contributed by atoms with van der Waals surface area (Å²) in [4.78, 5) is 21.8. The Morgan fingerprint density at radius 3 is 2.70 bits per heavy atom. The molecule has 1 aromatic rings. The number of amides is 1. The molecule has 0 atom stereocenters. The standard InChI is InChI=1S/C13H23N5OS/c1-9(2)16-13(15-7-12(19)18(4)5)14-6-11-17-10(3)8-20-11/h8-9H,6-7H2,1-5H3,(H2,14,15,16). The van der Waals surface area contributed by atoms with E-state index in [1.165, 1.54) is 4.90 Å². The lowest BCUT2D eigenvalue weighted by molar-refractivity contribution is -0.127. The van der Waals surface area contributed by atoms with Crippen LogP contribution in [-0.4, -0.2) is 48.4 Å². The largest absolute Gasteiger partial charge is 0.354 e. The Morgan fingerprint density at radius 2 is 2.20 bits per heavy atom. The molecular formula is C13H23N5OS. The Balaban J connectivity index is 2.59. The summed E-state index contributed by atoms with van der Waals surface area (Å²) in [6, 6.07) is 0.244. The molecule has 2 N–H and O–H groups in total. The van der Waals surface area contributed by atoms with E-state index in [4.69, 9.17) is 0 Å². The Morgan fingerprint density at radius 1 is 1.50 bits per heavy atom. The van der Waals surface area contributed by atoms with Gasteiger partial charge in [0.15, 0.2) is 5.96 Å². The van der Waals surface area contributed by atoms with Crippen LogP contribution in [0, 0.1) is 6.92 Å². The molecule has 0 bridgehead atoms. The Hall–Kier alpha value is -1.63. The molecule has 0 aromatic carbocycles. The second-order valence-electron chi connectivity index (χ2n) is 4.99. The minimum atomic E-state index is -0.0278. The van der Waals surface area contributed by atoms with Crippen LogP contribution < -0.4 is 10.6 Å². The van der Waals surface area contributed by atoms with Crippen LogP contribution in [0.15, 0.2) is 10.4 Å². The fourth-order valence-corrected chi connectivity index (χ4v) is 2.07. The SMILES string of the molecule is Cc1csc(CNC(=NCC(=O)N(C)C)NC(C)C)n1. The summed E-state index contributed by atoms with van der Waals surface area (Å²) >= 11 is 1.61. The van der Waals surface area contributed by atoms with E-state index in [1.807, 2.05) is 26.2 Å². The van der Waals surface area contributed by atoms with Gasteiger partial charge in [0.05, 0.1) is 6.54 Å². The molecule has 0 saturated heterocycles. The average Bonchev–Trinajstić information content (AvgIpc) is 2.77. The highest BCUT2D eigenvalue weighted by Crippen LogP contribution is 2.07. The topological polar surface area (TPSA) is 69.6 Å². The van der Waals surface area contributed by atoms with Crippen LogP contribution in [-0.2, 0) is 11.3 Å². The van der Waals surface area contributed by atoms with Crippen molar-refractivity contribution in [3.63, 3.8) is 0 Å². The van der Waals surface area contributed by atoms with Crippen molar-refractivity contribution in [1.82, 2.24) is 20.5 Å². The highest BCUT2D eigenvalue weighted by atomic mass is 32.1. The molecule has 0 unspecified atom stereocenters. The highest BCUT2D eigenvalue weighted by molar-refractivity contribution is 7.09. The fraction of sp³-hybridized carbons (Fsp3) is 0.615. The maximum absolute atomic E-state index is 11.6. The number of rotatable bonds is 5. The Bertz CT molecular complexity index is 467. The van der Waals surface area contributed by atoms with Crippen molar-refractivity contribution >= 4 is 23.2 Å². The van der Waals surface area contributed by atoms with Crippen molar-refractivity contribution in [2.24, 2.45) is 4.99 Å². The van der Waals surface area contributed by atoms with Crippen LogP contribution in [0.5, 0.6) is 0 Å². The number of carbonyl (C=O) groups excluding carboxylic acids is 1. The third kappa shape index (κ3) is 6.01. The number of thiazole rings is 1. The second-order valence-corrected chi connectivity index (χ2v) is 5.93. The maximum atomic E-state index is 11.6. The number of carbonyl (C=O) groups is 1. The van der Waals surface area contributed by atoms with Gasteiger partial charge in [0.25, 0.3) is 0 Å². The zero-order chi connectivity index (χ0) is 15.1. The molecule has 112 valence electrons. The second kappa shape index (κ2) is 7.84. The predicted molar refractivity (Wildman–Crippen MR) is 83.0 cm³/mol. The molecule has 0 fully saturated rings. The van der Waals surface area contributed by atoms with Gasteiger partial charge in [-0.15, -0.1) is 11.3 Å². The van der Waals surface area contributed by atoms with Gasteiger partial charge in [0.2, 0.25) is 5.91 Å². The molecule has 0 aliphatic rings. The molecule has 0 saturated carbocycles. The van der Waals surface area contributed by atoms with Gasteiger partial charge in [0, 0.05) is 31.2 Å². The number of aryl methyl sites for hydroxylation is 1. The third-order valence-corrected chi connectivity index (χ3v) is 3.34. The zero-order valence-corrected chi connectivity index (χ0v) is 13.5. The van der Waals surface area contributed by atoms with E-state index >= 15 is 0 Å². The van der Waals surface area contributed by atoms with E-state index in [1.54, 1.807) is 25.4 Å². The van der Waals surface area contributed by atoms with Gasteiger partial charge in [-0.3, -0.25) is 4.79 Å². The van der Waals surface area contributed by atoms with Crippen LogP contribution in [0.3, 0.4) is 0 Å². The predicted octanol–water partition coefficient (Wildman–Crippen LogP) is 0.983. The molecule has 1 rings (SSSR count). The molecule has 1 aromatic heterocycles. The first kappa shape index (κ1) is 16.4. The molecule has 0 aliphatic heterocycles. The lowest BCUT2D eigenvalue weighted by Crippen LogP contribution is -2.41. The highest BCUT2D eigenvalue weighted by Gasteiger charge is 2.06. The van der Waals surface area contributed by atoms with E-state index in [-0.39, 0.29) is 18.5 Å². The number of hydrogen-bond acceptors (Lipinski definition) is 4. The third-order valence-electron chi connectivity index (χ3n) is 2.37. The molecule has 7 heteroatoms. The van der Waals surface area contributed by atoms with Gasteiger partial charge >= 0.3 is 0 Å². The van der Waals surface area contributed by atoms with Crippen LogP contribution in [0.1, 0.15) is 24.5 Å². The molecule has 0 spiro atoms. The van der Waals surface area contributed by atoms with Crippen molar-refractivity contribution in [1.29, 1.82) is 0 Å². The quantitative estimate of drug-likeness (QED) is 0.628. The summed E-state index contributed by atoms with van der Waals surface area (Å²) in [5.74, 6) is 0.600. The van der Waals surface area contributed by atoms with E-state index in [0.29, 0.717) is 12.5 Å². The van der Waals surface area contributed by atoms with E-state index in [9.17, 15) is 4.79 Å². The van der Waals surface area contributed by atoms with Crippen molar-refractivity contribution in [3.8, 4) is 0 Å². The molecule has 0 aliphatic carbocycles. The van der Waals surface area contributed by atoms with Gasteiger partial charge in [0.1, 0.15) is 11.6 Å². The molecule has 0 radical (unpaired) electrons. The van der Waals surface area contributed by atoms with Crippen LogP contribution in [0.25, 0.3) is 0 Å². The van der Waals surface area contributed by atoms with Gasteiger partial charge in [-0.05, 0) is 20.8 Å². The minimum Gasteiger partial charge on any atom is -0.354 e. The molecule has 1 heterocycles. The minimum absolute atomic E-state index is 0.0278. The number of nitrogens with zero attached hydrogens (tertiary/aromatic N) is 3. The van der Waals surface area contributed by atoms with Gasteiger partial charge in [-0.2, -0.15) is 0 Å². The van der Waals surface area contributed by atoms with E-state index in [2.05, 4.69) is 20.6 Å². The fourth-order valence-electron chi connectivity index (χ4n) is 1.36. The summed E-state index contributed by atoms with van der Waals surface area (Å²) in [5, 5.41) is 9.40. The monoisotopic (exact) mass is 297 g/mol. The smallest absolute Gasteiger partial charge is 0.243 e. The first-order valence-electron chi connectivity index (χ1n) is 6.54. The van der Waals surface area contributed by atoms with E-state index < -0.39 is 0 Å². The van der Waals surface area contributed by atoms with Crippen LogP contribution in [0.2, 0.25) is 0 Å². The number of aliphatic imine (C=N–C) groups is 1. The Labute approximate surface area is 124 Å². The number of nitrogens with one attached hydrogen (secondary N) is 2. The van der Waals surface area contributed by atoms with Crippen molar-refractivity contribution in [2.45, 2.75) is 33.4 Å². The number of guanidine groups is 1. The summed E-state index contributed by atoms with van der Waals surface area (Å²) in [5.41, 5.74) is 1.02. The number of hydrogen-bond donors (Lipinski definition) is 2. The molecule has 1 amide bonds. The summed E-state index contributed by atoms with van der Waals surface area (Å²) in [6.45, 7) is 6.76. The normalized spacial score (nSPS) is 11.6. The lowest BCUT2D eigenvalue weighted by Gasteiger charge is -2.15.